The fraction of sp³-hybridized carbons (Fsp3) is 0.923. The molecule has 6 rings (SSSR count). The number of rotatable bonds is 19. The molecule has 0 N–H and O–H groups in total. The third-order valence-electron chi connectivity index (χ3n) is 11.4. The van der Waals surface area contributed by atoms with Crippen molar-refractivity contribution in [3.63, 3.8) is 0 Å². The zero-order valence-corrected chi connectivity index (χ0v) is 46.7. The average Bonchev–Trinajstić information content (AvgIpc) is 2.92. The highest BCUT2D eigenvalue weighted by Crippen LogP contribution is 2.59. The van der Waals surface area contributed by atoms with E-state index in [1.165, 1.54) is 0 Å². The van der Waals surface area contributed by atoms with Crippen LogP contribution in [0, 0.1) is 41.4 Å². The second-order valence-electron chi connectivity index (χ2n) is 22.0. The number of ether oxygens (including phenoxy) is 1. The first-order chi connectivity index (χ1) is 26.2. The Kier molecular flexibility index (Phi) is 15.4. The van der Waals surface area contributed by atoms with Crippen molar-refractivity contribution in [2.45, 2.75) is 181 Å². The lowest BCUT2D eigenvalue weighted by Crippen LogP contribution is -2.85. The summed E-state index contributed by atoms with van der Waals surface area (Å²) in [6.07, 6.45) is 0.630. The Hall–Kier alpha value is 0.625. The third kappa shape index (κ3) is 11.8. The van der Waals surface area contributed by atoms with Crippen molar-refractivity contribution in [1.82, 2.24) is 0 Å². The Morgan fingerprint density at radius 2 is 0.649 bits per heavy atom. The second kappa shape index (κ2) is 18.0. The number of hydrogen-bond acceptors (Lipinski definition) is 10. The van der Waals surface area contributed by atoms with Crippen molar-refractivity contribution in [1.29, 1.82) is 0 Å². The van der Waals surface area contributed by atoms with Crippen LogP contribution in [0.5, 0.6) is 0 Å². The third-order valence-corrected chi connectivity index (χ3v) is 63.7. The largest absolute Gasteiger partial charge is 0.462 e. The molecule has 6 aliphatic rings. The smallest absolute Gasteiger partial charge is 0.333 e. The van der Waals surface area contributed by atoms with E-state index < -0.39 is 68.5 Å². The molecule has 0 aromatic carbocycles. The number of carbonyl (C=O) groups is 1. The topological polar surface area (TPSA) is 100 Å². The maximum atomic E-state index is 12.7. The van der Waals surface area contributed by atoms with Gasteiger partial charge in [-0.25, -0.2) is 4.79 Å². The van der Waals surface area contributed by atoms with E-state index in [2.05, 4.69) is 104 Å². The minimum Gasteiger partial charge on any atom is -0.462 e. The van der Waals surface area contributed by atoms with Crippen LogP contribution in [0.1, 0.15) is 110 Å². The zero-order chi connectivity index (χ0) is 42.5. The molecule has 0 aliphatic carbocycles. The molecule has 0 saturated carbocycles. The van der Waals surface area contributed by atoms with Gasteiger partial charge in [-0.15, -0.1) is 0 Å². The van der Waals surface area contributed by atoms with Crippen molar-refractivity contribution in [3.05, 3.63) is 12.2 Å². The fourth-order valence-corrected chi connectivity index (χ4v) is 85.2. The summed E-state index contributed by atoms with van der Waals surface area (Å²) in [5, 5.41) is 0. The van der Waals surface area contributed by atoms with Crippen LogP contribution in [0.4, 0.5) is 0 Å². The molecule has 0 aromatic heterocycles. The molecular formula is C39H82O10Si8. The molecule has 6 saturated heterocycles. The maximum absolute atomic E-state index is 12.7. The summed E-state index contributed by atoms with van der Waals surface area (Å²) in [5.74, 6) is 2.10. The van der Waals surface area contributed by atoms with E-state index in [4.69, 9.17) is 37.7 Å². The molecule has 8 bridgehead atoms. The van der Waals surface area contributed by atoms with Crippen molar-refractivity contribution >= 4 is 74.5 Å². The van der Waals surface area contributed by atoms with Crippen LogP contribution < -0.4 is 0 Å². The molecular weight excluding hydrogens is 853 g/mol. The highest BCUT2D eigenvalue weighted by Gasteiger charge is 2.78. The number of esters is 1. The van der Waals surface area contributed by atoms with Crippen LogP contribution in [0.25, 0.3) is 0 Å². The predicted octanol–water partition coefficient (Wildman–Crippen LogP) is 11.0. The number of carbonyl (C=O) groups excluding carboxylic acids is 1. The Morgan fingerprint density at radius 1 is 0.439 bits per heavy atom. The van der Waals surface area contributed by atoms with Gasteiger partial charge in [0.2, 0.25) is 0 Å². The maximum Gasteiger partial charge on any atom is 0.333 e. The summed E-state index contributed by atoms with van der Waals surface area (Å²) in [5.41, 5.74) is 3.37. The standard InChI is InChI=1S/C39H82O10Si8/c1-31(2)20-51-27-50(19-17-18-41-39(40)38(15)16)42-52(21-32(3)4)28-54(44-51,23-34(7)8)48-57(26-37(13)14)30-56(45-51,25-36(11)12)47-53(43-50,22-33(5)6)29-55(46-52,49-57)24-35(9)10/h31-37H,15,17-30H2,1-14,16H3. The molecule has 10 nitrogen and oxygen atoms in total. The quantitative estimate of drug-likeness (QED) is 0.0539. The molecule has 6 fully saturated rings. The van der Waals surface area contributed by atoms with E-state index in [-0.39, 0.29) is 12.6 Å². The zero-order valence-electron chi connectivity index (χ0n) is 38.7. The van der Waals surface area contributed by atoms with Crippen molar-refractivity contribution < 1.29 is 42.5 Å². The van der Waals surface area contributed by atoms with E-state index in [1.807, 2.05) is 0 Å². The van der Waals surface area contributed by atoms with Gasteiger partial charge in [0.25, 0.3) is 0 Å². The molecule has 6 heterocycles. The van der Waals surface area contributed by atoms with Crippen LogP contribution in [-0.2, 0) is 42.5 Å². The molecule has 0 aromatic rings. The SMILES string of the molecule is C=C(C)C(=O)OCCC[Si]12C[Si]3(CC(C)C)O[Si]4(CC(C)C)C[Si]5(CC(C)C)O[Si](CC(C)C)(C[Si](CC(C)C)(O1)O4)O[Si](CC(C)C)(C[Si](CC(C)C)(O3)O5)O2. The van der Waals surface area contributed by atoms with E-state index in [9.17, 15) is 4.79 Å². The van der Waals surface area contributed by atoms with Gasteiger partial charge < -0.3 is 37.7 Å². The van der Waals surface area contributed by atoms with Gasteiger partial charge in [0.05, 0.1) is 6.61 Å². The molecule has 57 heavy (non-hydrogen) atoms. The Labute approximate surface area is 356 Å². The lowest BCUT2D eigenvalue weighted by atomic mass is 10.3. The van der Waals surface area contributed by atoms with Crippen LogP contribution in [-0.4, -0.2) is 81.1 Å². The Bertz CT molecular complexity index is 1280. The van der Waals surface area contributed by atoms with Crippen molar-refractivity contribution in [3.8, 4) is 0 Å². The first-order valence-electron chi connectivity index (χ1n) is 22.7. The van der Waals surface area contributed by atoms with Crippen LogP contribution in [0.2, 0.25) is 71.0 Å². The van der Waals surface area contributed by atoms with Gasteiger partial charge in [0.1, 0.15) is 0 Å². The summed E-state index contributed by atoms with van der Waals surface area (Å²) in [7, 11) is -25.5. The normalized spacial score (nSPS) is 39.1. The van der Waals surface area contributed by atoms with Gasteiger partial charge in [-0.2, -0.15) is 0 Å². The van der Waals surface area contributed by atoms with Gasteiger partial charge in [0.15, 0.2) is 0 Å². The van der Waals surface area contributed by atoms with Gasteiger partial charge in [0, 0.05) is 28.2 Å². The molecule has 330 valence electrons. The molecule has 8 atom stereocenters. The molecule has 8 unspecified atom stereocenters. The summed E-state index contributed by atoms with van der Waals surface area (Å²) >= 11 is 0. The minimum absolute atomic E-state index is 0.284. The Morgan fingerprint density at radius 3 is 0.860 bits per heavy atom. The van der Waals surface area contributed by atoms with Crippen LogP contribution in [0.15, 0.2) is 12.2 Å². The molecule has 18 heteroatoms. The first-order valence-corrected chi connectivity index (χ1v) is 40.5. The van der Waals surface area contributed by atoms with Gasteiger partial charge >= 0.3 is 74.5 Å². The van der Waals surface area contributed by atoms with Crippen LogP contribution in [0.3, 0.4) is 0 Å². The molecule has 0 amide bonds. The van der Waals surface area contributed by atoms with E-state index >= 15 is 0 Å². The van der Waals surface area contributed by atoms with E-state index in [0.29, 0.717) is 65.1 Å². The highest BCUT2D eigenvalue weighted by atomic mass is 28.6. The van der Waals surface area contributed by atoms with Gasteiger partial charge in [-0.1, -0.05) is 104 Å². The summed E-state index contributed by atoms with van der Waals surface area (Å²) in [6.45, 7) is 38.4. The van der Waals surface area contributed by atoms with Gasteiger partial charge in [-0.3, -0.25) is 0 Å². The summed E-state index contributed by atoms with van der Waals surface area (Å²) in [6, 6.07) is 6.70. The van der Waals surface area contributed by atoms with Gasteiger partial charge in [-0.05, 0) is 103 Å². The van der Waals surface area contributed by atoms with E-state index in [1.54, 1.807) is 6.92 Å². The number of hydrogen-bond donors (Lipinski definition) is 0. The average molecular weight is 936 g/mol. The fourth-order valence-electron chi connectivity index (χ4n) is 11.4. The van der Waals surface area contributed by atoms with Crippen molar-refractivity contribution in [2.24, 2.45) is 41.4 Å². The summed E-state index contributed by atoms with van der Waals surface area (Å²) < 4.78 is 72.4. The predicted molar refractivity (Wildman–Crippen MR) is 247 cm³/mol. The highest BCUT2D eigenvalue weighted by molar-refractivity contribution is 7.13. The first kappa shape index (κ1) is 48.7. The molecule has 0 radical (unpaired) electrons. The molecule has 6 aliphatic heterocycles. The second-order valence-corrected chi connectivity index (χ2v) is 52.1. The lowest BCUT2D eigenvalue weighted by Gasteiger charge is -2.66. The lowest BCUT2D eigenvalue weighted by molar-refractivity contribution is -0.139. The van der Waals surface area contributed by atoms with E-state index in [0.717, 1.165) is 59.3 Å². The van der Waals surface area contributed by atoms with Crippen LogP contribution >= 0.6 is 0 Å². The monoisotopic (exact) mass is 934 g/mol. The van der Waals surface area contributed by atoms with Crippen molar-refractivity contribution in [2.75, 3.05) is 6.61 Å². The minimum atomic E-state index is -3.30. The molecule has 0 spiro atoms. The summed E-state index contributed by atoms with van der Waals surface area (Å²) in [4.78, 5) is 12.7. The Balaban J connectivity index is 1.91.